The lowest BCUT2D eigenvalue weighted by atomic mass is 10.1. The van der Waals surface area contributed by atoms with Crippen LogP contribution in [0.15, 0.2) is 23.2 Å². The molecule has 0 saturated carbocycles. The number of rotatable bonds is 8. The van der Waals surface area contributed by atoms with Crippen molar-refractivity contribution in [3.63, 3.8) is 0 Å². The van der Waals surface area contributed by atoms with Crippen LogP contribution in [0.25, 0.3) is 0 Å². The van der Waals surface area contributed by atoms with E-state index in [2.05, 4.69) is 29.4 Å². The van der Waals surface area contributed by atoms with Crippen molar-refractivity contribution in [2.24, 2.45) is 10.9 Å². The van der Waals surface area contributed by atoms with Gasteiger partial charge in [-0.25, -0.2) is 0 Å². The molecule has 1 aliphatic heterocycles. The van der Waals surface area contributed by atoms with Crippen LogP contribution in [-0.2, 0) is 4.74 Å². The maximum absolute atomic E-state index is 5.40. The Balaban J connectivity index is 1.95. The van der Waals surface area contributed by atoms with Crippen molar-refractivity contribution in [2.75, 3.05) is 65.5 Å². The van der Waals surface area contributed by atoms with Crippen LogP contribution in [0.5, 0.6) is 11.5 Å². The molecule has 1 unspecified atom stereocenters. The average Bonchev–Trinajstić information content (AvgIpc) is 2.67. The molecule has 1 aromatic carbocycles. The molecular formula is C19H32N4O3. The zero-order chi connectivity index (χ0) is 18.8. The Labute approximate surface area is 156 Å². The van der Waals surface area contributed by atoms with E-state index >= 15 is 0 Å². The van der Waals surface area contributed by atoms with Gasteiger partial charge in [-0.1, -0.05) is 6.92 Å². The first-order valence-electron chi connectivity index (χ1n) is 9.23. The summed E-state index contributed by atoms with van der Waals surface area (Å²) in [6.07, 6.45) is 0. The first-order valence-corrected chi connectivity index (χ1v) is 9.23. The molecule has 146 valence electrons. The molecule has 2 N–H and O–H groups in total. The van der Waals surface area contributed by atoms with Gasteiger partial charge in [-0.3, -0.25) is 9.89 Å². The van der Waals surface area contributed by atoms with Crippen LogP contribution in [0.3, 0.4) is 0 Å². The van der Waals surface area contributed by atoms with Gasteiger partial charge >= 0.3 is 0 Å². The number of guanidine groups is 1. The molecule has 7 nitrogen and oxygen atoms in total. The summed E-state index contributed by atoms with van der Waals surface area (Å²) in [5.74, 6) is 2.65. The van der Waals surface area contributed by atoms with Gasteiger partial charge in [0.05, 0.1) is 27.4 Å². The molecule has 0 radical (unpaired) electrons. The summed E-state index contributed by atoms with van der Waals surface area (Å²) in [5, 5.41) is 6.62. The number of hydrogen-bond acceptors (Lipinski definition) is 5. The van der Waals surface area contributed by atoms with Gasteiger partial charge in [0.25, 0.3) is 0 Å². The molecule has 1 heterocycles. The summed E-state index contributed by atoms with van der Waals surface area (Å²) in [4.78, 5) is 7.18. The number of methoxy groups -OCH3 is 2. The zero-order valence-corrected chi connectivity index (χ0v) is 16.4. The van der Waals surface area contributed by atoms with Crippen molar-refractivity contribution in [3.05, 3.63) is 18.2 Å². The molecule has 0 bridgehead atoms. The lowest BCUT2D eigenvalue weighted by molar-refractivity contribution is 0.0323. The molecule has 0 aliphatic carbocycles. The molecule has 1 fully saturated rings. The van der Waals surface area contributed by atoms with Crippen LogP contribution >= 0.6 is 0 Å². The Hall–Kier alpha value is -1.99. The second-order valence-corrected chi connectivity index (χ2v) is 6.43. The summed E-state index contributed by atoms with van der Waals surface area (Å²) in [6, 6.07) is 5.74. The maximum atomic E-state index is 5.40. The van der Waals surface area contributed by atoms with E-state index in [-0.39, 0.29) is 0 Å². The minimum Gasteiger partial charge on any atom is -0.493 e. The summed E-state index contributed by atoms with van der Waals surface area (Å²) >= 11 is 0. The number of hydrogen-bond donors (Lipinski definition) is 2. The number of nitrogens with zero attached hydrogens (tertiary/aromatic N) is 2. The third kappa shape index (κ3) is 6.38. The minimum atomic E-state index is 0.481. The Kier molecular flexibility index (Phi) is 8.50. The standard InChI is InChI=1S/C19H32N4O3/c1-5-20-19(21-13-15(2)14-23-8-10-26-11-9-23)22-16-6-7-17(24-3)18(12-16)25-4/h6-7,12,15H,5,8-11,13-14H2,1-4H3,(H2,20,21,22). The van der Waals surface area contributed by atoms with E-state index in [4.69, 9.17) is 19.2 Å². The van der Waals surface area contributed by atoms with E-state index < -0.39 is 0 Å². The molecule has 7 heteroatoms. The van der Waals surface area contributed by atoms with Crippen LogP contribution in [0, 0.1) is 5.92 Å². The third-order valence-corrected chi connectivity index (χ3v) is 4.23. The van der Waals surface area contributed by atoms with Gasteiger partial charge in [-0.15, -0.1) is 0 Å². The first-order chi connectivity index (χ1) is 12.7. The number of ether oxygens (including phenoxy) is 3. The van der Waals surface area contributed by atoms with E-state index in [1.54, 1.807) is 14.2 Å². The number of morpholine rings is 1. The fourth-order valence-corrected chi connectivity index (χ4v) is 2.89. The van der Waals surface area contributed by atoms with E-state index in [0.717, 1.165) is 57.6 Å². The fourth-order valence-electron chi connectivity index (χ4n) is 2.89. The zero-order valence-electron chi connectivity index (χ0n) is 16.4. The maximum Gasteiger partial charge on any atom is 0.195 e. The fraction of sp³-hybridized carbons (Fsp3) is 0.632. The van der Waals surface area contributed by atoms with Crippen molar-refractivity contribution >= 4 is 11.6 Å². The normalized spacial score (nSPS) is 16.8. The van der Waals surface area contributed by atoms with Gasteiger partial charge in [-0.05, 0) is 25.0 Å². The van der Waals surface area contributed by atoms with Crippen molar-refractivity contribution < 1.29 is 14.2 Å². The summed E-state index contributed by atoms with van der Waals surface area (Å²) in [6.45, 7) is 10.6. The number of benzene rings is 1. The van der Waals surface area contributed by atoms with Crippen molar-refractivity contribution in [2.45, 2.75) is 13.8 Å². The Morgan fingerprint density at radius 2 is 1.96 bits per heavy atom. The predicted molar refractivity (Wildman–Crippen MR) is 106 cm³/mol. The molecule has 1 atom stereocenters. The Morgan fingerprint density at radius 3 is 2.62 bits per heavy atom. The van der Waals surface area contributed by atoms with E-state index in [1.165, 1.54) is 0 Å². The van der Waals surface area contributed by atoms with Crippen molar-refractivity contribution in [1.82, 2.24) is 10.2 Å². The topological polar surface area (TPSA) is 67.4 Å². The van der Waals surface area contributed by atoms with Gasteiger partial charge < -0.3 is 24.8 Å². The lowest BCUT2D eigenvalue weighted by Gasteiger charge is -2.28. The van der Waals surface area contributed by atoms with Crippen LogP contribution in [0.2, 0.25) is 0 Å². The highest BCUT2D eigenvalue weighted by molar-refractivity contribution is 5.93. The predicted octanol–water partition coefficient (Wildman–Crippen LogP) is 2.05. The van der Waals surface area contributed by atoms with E-state index in [1.807, 2.05) is 18.2 Å². The molecule has 0 aromatic heterocycles. The van der Waals surface area contributed by atoms with Crippen LogP contribution in [-0.4, -0.2) is 71.0 Å². The SMILES string of the molecule is CCNC(=NCC(C)CN1CCOCC1)Nc1ccc(OC)c(OC)c1. The number of aliphatic imine (C=N–C) groups is 1. The molecular weight excluding hydrogens is 332 g/mol. The molecule has 1 saturated heterocycles. The molecule has 26 heavy (non-hydrogen) atoms. The van der Waals surface area contributed by atoms with E-state index in [9.17, 15) is 0 Å². The quantitative estimate of drug-likeness (QED) is 0.544. The van der Waals surface area contributed by atoms with Crippen LogP contribution in [0.1, 0.15) is 13.8 Å². The third-order valence-electron chi connectivity index (χ3n) is 4.23. The molecule has 1 aliphatic rings. The van der Waals surface area contributed by atoms with E-state index in [0.29, 0.717) is 17.4 Å². The van der Waals surface area contributed by atoms with Crippen LogP contribution in [0.4, 0.5) is 5.69 Å². The number of nitrogens with one attached hydrogen (secondary N) is 2. The summed E-state index contributed by atoms with van der Waals surface area (Å²) in [5.41, 5.74) is 0.906. The Bertz CT molecular complexity index is 574. The monoisotopic (exact) mass is 364 g/mol. The van der Waals surface area contributed by atoms with Gasteiger partial charge in [0, 0.05) is 44.5 Å². The van der Waals surface area contributed by atoms with Gasteiger partial charge in [-0.2, -0.15) is 0 Å². The highest BCUT2D eigenvalue weighted by Crippen LogP contribution is 2.29. The Morgan fingerprint density at radius 1 is 1.23 bits per heavy atom. The second kappa shape index (κ2) is 10.9. The highest BCUT2D eigenvalue weighted by atomic mass is 16.5. The van der Waals surface area contributed by atoms with Crippen molar-refractivity contribution in [3.8, 4) is 11.5 Å². The van der Waals surface area contributed by atoms with Crippen molar-refractivity contribution in [1.29, 1.82) is 0 Å². The molecule has 0 spiro atoms. The van der Waals surface area contributed by atoms with Gasteiger partial charge in [0.15, 0.2) is 17.5 Å². The molecule has 0 amide bonds. The van der Waals surface area contributed by atoms with Gasteiger partial charge in [0.2, 0.25) is 0 Å². The molecule has 2 rings (SSSR count). The summed E-state index contributed by atoms with van der Waals surface area (Å²) < 4.78 is 16.0. The van der Waals surface area contributed by atoms with Gasteiger partial charge in [0.1, 0.15) is 0 Å². The second-order valence-electron chi connectivity index (χ2n) is 6.43. The first kappa shape index (κ1) is 20.3. The molecule has 1 aromatic rings. The minimum absolute atomic E-state index is 0.481. The lowest BCUT2D eigenvalue weighted by Crippen LogP contribution is -2.39. The average molecular weight is 364 g/mol. The number of anilines is 1. The summed E-state index contributed by atoms with van der Waals surface area (Å²) in [7, 11) is 3.26. The highest BCUT2D eigenvalue weighted by Gasteiger charge is 2.14. The smallest absolute Gasteiger partial charge is 0.195 e. The largest absolute Gasteiger partial charge is 0.493 e. The van der Waals surface area contributed by atoms with Crippen LogP contribution < -0.4 is 20.1 Å².